The minimum atomic E-state index is -0.679. The van der Waals surface area contributed by atoms with Gasteiger partial charge in [-0.05, 0) is 43.4 Å². The Balaban J connectivity index is 2.08. The van der Waals surface area contributed by atoms with E-state index < -0.39 is 5.97 Å². The van der Waals surface area contributed by atoms with Crippen molar-refractivity contribution < 1.29 is 15.0 Å². The second kappa shape index (κ2) is 3.54. The highest BCUT2D eigenvalue weighted by molar-refractivity contribution is 5.70. The largest absolute Gasteiger partial charge is 0.481 e. The lowest BCUT2D eigenvalue weighted by atomic mass is 9.63. The zero-order chi connectivity index (χ0) is 10.3. The van der Waals surface area contributed by atoms with Crippen LogP contribution in [0, 0.1) is 23.7 Å². The van der Waals surface area contributed by atoms with Crippen LogP contribution in [-0.2, 0) is 4.79 Å². The molecule has 2 rings (SSSR count). The van der Waals surface area contributed by atoms with Gasteiger partial charge in [0.05, 0.1) is 12.0 Å². The van der Waals surface area contributed by atoms with Crippen LogP contribution in [0.15, 0.2) is 0 Å². The average molecular weight is 198 g/mol. The molecule has 2 aliphatic rings. The van der Waals surface area contributed by atoms with Crippen LogP contribution in [0.25, 0.3) is 0 Å². The van der Waals surface area contributed by atoms with Crippen molar-refractivity contribution in [1.82, 2.24) is 0 Å². The fourth-order valence-corrected chi connectivity index (χ4v) is 3.29. The predicted molar refractivity (Wildman–Crippen MR) is 51.7 cm³/mol. The van der Waals surface area contributed by atoms with E-state index in [4.69, 9.17) is 5.11 Å². The maximum Gasteiger partial charge on any atom is 0.306 e. The zero-order valence-electron chi connectivity index (χ0n) is 8.52. The summed E-state index contributed by atoms with van der Waals surface area (Å²) >= 11 is 0. The number of aliphatic carboxylic acids is 1. The highest BCUT2D eigenvalue weighted by Crippen LogP contribution is 2.44. The molecule has 0 aromatic rings. The second-order valence-corrected chi connectivity index (χ2v) is 5.07. The van der Waals surface area contributed by atoms with Crippen LogP contribution in [-0.4, -0.2) is 22.3 Å². The summed E-state index contributed by atoms with van der Waals surface area (Å²) in [7, 11) is 0. The van der Waals surface area contributed by atoms with Gasteiger partial charge in [-0.1, -0.05) is 6.92 Å². The Morgan fingerprint density at radius 3 is 2.57 bits per heavy atom. The minimum Gasteiger partial charge on any atom is -0.481 e. The van der Waals surface area contributed by atoms with E-state index in [-0.39, 0.29) is 17.9 Å². The molecule has 2 fully saturated rings. The molecule has 0 aromatic carbocycles. The SMILES string of the molecule is CC1CC2CC(C(=O)O)CC(C2)C1O. The number of rotatable bonds is 1. The maximum atomic E-state index is 10.9. The van der Waals surface area contributed by atoms with Gasteiger partial charge in [0.2, 0.25) is 0 Å². The summed E-state index contributed by atoms with van der Waals surface area (Å²) in [5, 5.41) is 18.9. The third kappa shape index (κ3) is 1.65. The molecule has 0 amide bonds. The maximum absolute atomic E-state index is 10.9. The summed E-state index contributed by atoms with van der Waals surface area (Å²) in [4.78, 5) is 10.9. The molecular weight excluding hydrogens is 180 g/mol. The van der Waals surface area contributed by atoms with E-state index in [2.05, 4.69) is 6.92 Å². The lowest BCUT2D eigenvalue weighted by Crippen LogP contribution is -2.42. The van der Waals surface area contributed by atoms with Gasteiger partial charge >= 0.3 is 5.97 Å². The summed E-state index contributed by atoms with van der Waals surface area (Å²) in [6.45, 7) is 2.07. The number of aliphatic hydroxyl groups is 1. The van der Waals surface area contributed by atoms with E-state index in [1.165, 1.54) is 0 Å². The minimum absolute atomic E-state index is 0.208. The lowest BCUT2D eigenvalue weighted by molar-refractivity contribution is -0.146. The first kappa shape index (κ1) is 9.97. The number of carboxylic acid groups (broad SMARTS) is 1. The molecule has 5 unspecified atom stereocenters. The van der Waals surface area contributed by atoms with E-state index in [0.717, 1.165) is 19.3 Å². The third-order valence-electron chi connectivity index (χ3n) is 3.96. The number of hydrogen-bond acceptors (Lipinski definition) is 2. The van der Waals surface area contributed by atoms with Gasteiger partial charge in [0, 0.05) is 0 Å². The van der Waals surface area contributed by atoms with Crippen molar-refractivity contribution >= 4 is 5.97 Å². The predicted octanol–water partition coefficient (Wildman–Crippen LogP) is 1.50. The van der Waals surface area contributed by atoms with Crippen LogP contribution < -0.4 is 0 Å². The van der Waals surface area contributed by atoms with Crippen LogP contribution in [0.2, 0.25) is 0 Å². The molecule has 2 saturated carbocycles. The molecule has 2 bridgehead atoms. The van der Waals surface area contributed by atoms with E-state index in [0.29, 0.717) is 18.3 Å². The van der Waals surface area contributed by atoms with Crippen molar-refractivity contribution in [2.45, 2.75) is 38.7 Å². The van der Waals surface area contributed by atoms with E-state index in [1.807, 2.05) is 0 Å². The quantitative estimate of drug-likeness (QED) is 0.671. The first-order valence-electron chi connectivity index (χ1n) is 5.48. The number of carbonyl (C=O) groups is 1. The molecule has 3 heteroatoms. The smallest absolute Gasteiger partial charge is 0.306 e. The Bertz CT molecular complexity index is 237. The standard InChI is InChI=1S/C11H18O3/c1-6-2-7-3-8(10(6)12)5-9(4-7)11(13)14/h6-10,12H,2-5H2,1H3,(H,13,14). The first-order valence-corrected chi connectivity index (χ1v) is 5.48. The number of aliphatic hydroxyl groups excluding tert-OH is 1. The fourth-order valence-electron chi connectivity index (χ4n) is 3.29. The van der Waals surface area contributed by atoms with Crippen LogP contribution in [0.5, 0.6) is 0 Å². The second-order valence-electron chi connectivity index (χ2n) is 5.07. The van der Waals surface area contributed by atoms with E-state index in [9.17, 15) is 9.90 Å². The molecule has 2 N–H and O–H groups in total. The molecule has 0 aliphatic heterocycles. The van der Waals surface area contributed by atoms with E-state index >= 15 is 0 Å². The first-order chi connectivity index (χ1) is 6.58. The van der Waals surface area contributed by atoms with Crippen molar-refractivity contribution in [3.63, 3.8) is 0 Å². The van der Waals surface area contributed by atoms with Crippen LogP contribution >= 0.6 is 0 Å². The van der Waals surface area contributed by atoms with Crippen molar-refractivity contribution in [3.8, 4) is 0 Å². The molecule has 0 spiro atoms. The van der Waals surface area contributed by atoms with Crippen LogP contribution in [0.1, 0.15) is 32.6 Å². The molecule has 0 radical (unpaired) electrons. The molecule has 0 heterocycles. The van der Waals surface area contributed by atoms with Crippen LogP contribution in [0.4, 0.5) is 0 Å². The Hall–Kier alpha value is -0.570. The summed E-state index contributed by atoms with van der Waals surface area (Å²) < 4.78 is 0. The fraction of sp³-hybridized carbons (Fsp3) is 0.909. The summed E-state index contributed by atoms with van der Waals surface area (Å²) in [5.74, 6) is 0.239. The van der Waals surface area contributed by atoms with E-state index in [1.54, 1.807) is 0 Å². The number of hydrogen-bond donors (Lipinski definition) is 2. The van der Waals surface area contributed by atoms with Crippen molar-refractivity contribution in [3.05, 3.63) is 0 Å². The Morgan fingerprint density at radius 2 is 1.93 bits per heavy atom. The third-order valence-corrected chi connectivity index (χ3v) is 3.96. The Morgan fingerprint density at radius 1 is 1.21 bits per heavy atom. The highest BCUT2D eigenvalue weighted by atomic mass is 16.4. The van der Waals surface area contributed by atoms with Gasteiger partial charge in [-0.2, -0.15) is 0 Å². The highest BCUT2D eigenvalue weighted by Gasteiger charge is 2.42. The molecule has 0 saturated heterocycles. The number of carboxylic acids is 1. The van der Waals surface area contributed by atoms with Gasteiger partial charge < -0.3 is 10.2 Å². The summed E-state index contributed by atoms with van der Waals surface area (Å²) in [6, 6.07) is 0. The van der Waals surface area contributed by atoms with Gasteiger partial charge in [-0.3, -0.25) is 4.79 Å². The van der Waals surface area contributed by atoms with Gasteiger partial charge in [-0.15, -0.1) is 0 Å². The lowest BCUT2D eigenvalue weighted by Gasteiger charge is -2.43. The van der Waals surface area contributed by atoms with Gasteiger partial charge in [0.1, 0.15) is 0 Å². The van der Waals surface area contributed by atoms with Crippen molar-refractivity contribution in [1.29, 1.82) is 0 Å². The molecular formula is C11H18O3. The van der Waals surface area contributed by atoms with Crippen molar-refractivity contribution in [2.24, 2.45) is 23.7 Å². The summed E-state index contributed by atoms with van der Waals surface area (Å²) in [6.07, 6.45) is 3.27. The van der Waals surface area contributed by atoms with Gasteiger partial charge in [-0.25, -0.2) is 0 Å². The topological polar surface area (TPSA) is 57.5 Å². The summed E-state index contributed by atoms with van der Waals surface area (Å²) in [5.41, 5.74) is 0. The van der Waals surface area contributed by atoms with Gasteiger partial charge in [0.25, 0.3) is 0 Å². The van der Waals surface area contributed by atoms with Crippen molar-refractivity contribution in [2.75, 3.05) is 0 Å². The molecule has 14 heavy (non-hydrogen) atoms. The zero-order valence-corrected chi connectivity index (χ0v) is 8.52. The van der Waals surface area contributed by atoms with Crippen LogP contribution in [0.3, 0.4) is 0 Å². The normalized spacial score (nSPS) is 47.4. The molecule has 0 aromatic heterocycles. The Labute approximate surface area is 84.1 Å². The molecule has 3 nitrogen and oxygen atoms in total. The monoisotopic (exact) mass is 198 g/mol. The van der Waals surface area contributed by atoms with Gasteiger partial charge in [0.15, 0.2) is 0 Å². The average Bonchev–Trinajstić information content (AvgIpc) is 2.14. The molecule has 5 atom stereocenters. The molecule has 80 valence electrons. The number of fused-ring (bicyclic) bond motifs is 2. The molecule has 2 aliphatic carbocycles. The Kier molecular flexibility index (Phi) is 2.52.